The van der Waals surface area contributed by atoms with Crippen molar-refractivity contribution < 1.29 is 9.84 Å². The third kappa shape index (κ3) is 4.58. The number of likely N-dealkylation sites (N-methyl/N-ethyl adjacent to an activating group) is 1. The average Bonchev–Trinajstić information content (AvgIpc) is 2.89. The Kier molecular flexibility index (Phi) is 5.74. The molecule has 1 N–H and O–H groups in total. The van der Waals surface area contributed by atoms with E-state index in [4.69, 9.17) is 4.74 Å². The standard InChI is InChI=1S/C19H30N4O2/c1-14-7-18-19(8-15(14)2)23(13-20-18)10-16(24)9-22-5-6-25-17(12-22)11-21(3)4/h7-8,13,16-17,24H,5-6,9-12H2,1-4H3/t16-,17-/m0/s1. The second-order valence-corrected chi connectivity index (χ2v) is 7.49. The van der Waals surface area contributed by atoms with Crippen molar-refractivity contribution in [1.82, 2.24) is 19.4 Å². The highest BCUT2D eigenvalue weighted by molar-refractivity contribution is 5.77. The molecule has 1 aromatic heterocycles. The largest absolute Gasteiger partial charge is 0.390 e. The average molecular weight is 346 g/mol. The number of rotatable bonds is 6. The number of morpholine rings is 1. The highest BCUT2D eigenvalue weighted by Crippen LogP contribution is 2.19. The first-order valence-corrected chi connectivity index (χ1v) is 9.01. The van der Waals surface area contributed by atoms with E-state index >= 15 is 0 Å². The van der Waals surface area contributed by atoms with Crippen LogP contribution in [-0.4, -0.2) is 83.5 Å². The fraction of sp³-hybridized carbons (Fsp3) is 0.632. The van der Waals surface area contributed by atoms with Crippen LogP contribution in [0.5, 0.6) is 0 Å². The number of aliphatic hydroxyl groups is 1. The third-order valence-electron chi connectivity index (χ3n) is 4.90. The molecule has 0 bridgehead atoms. The van der Waals surface area contributed by atoms with Crippen LogP contribution in [0.1, 0.15) is 11.1 Å². The summed E-state index contributed by atoms with van der Waals surface area (Å²) in [6.07, 6.45) is 1.63. The number of nitrogens with zero attached hydrogens (tertiary/aromatic N) is 4. The zero-order valence-corrected chi connectivity index (χ0v) is 15.8. The highest BCUT2D eigenvalue weighted by Gasteiger charge is 2.23. The van der Waals surface area contributed by atoms with Gasteiger partial charge in [0.2, 0.25) is 0 Å². The normalized spacial score (nSPS) is 20.5. The van der Waals surface area contributed by atoms with E-state index in [1.54, 1.807) is 0 Å². The van der Waals surface area contributed by atoms with E-state index in [0.29, 0.717) is 13.1 Å². The van der Waals surface area contributed by atoms with Crippen LogP contribution < -0.4 is 0 Å². The molecule has 1 aromatic carbocycles. The Labute approximate surface area is 150 Å². The SMILES string of the molecule is Cc1cc2ncn(C[C@@H](O)CN3CCO[C@@H](CN(C)C)C3)c2cc1C. The summed E-state index contributed by atoms with van der Waals surface area (Å²) in [5, 5.41) is 10.6. The first-order valence-electron chi connectivity index (χ1n) is 9.01. The van der Waals surface area contributed by atoms with Crippen molar-refractivity contribution in [2.45, 2.75) is 32.6 Å². The van der Waals surface area contributed by atoms with Crippen LogP contribution in [-0.2, 0) is 11.3 Å². The predicted molar refractivity (Wildman–Crippen MR) is 99.9 cm³/mol. The number of benzene rings is 1. The summed E-state index contributed by atoms with van der Waals surface area (Å²) in [7, 11) is 4.12. The van der Waals surface area contributed by atoms with Gasteiger partial charge in [0, 0.05) is 26.2 Å². The summed E-state index contributed by atoms with van der Waals surface area (Å²) >= 11 is 0. The molecular weight excluding hydrogens is 316 g/mol. The minimum Gasteiger partial charge on any atom is -0.390 e. The van der Waals surface area contributed by atoms with E-state index in [2.05, 4.69) is 59.4 Å². The van der Waals surface area contributed by atoms with Crippen LogP contribution >= 0.6 is 0 Å². The van der Waals surface area contributed by atoms with E-state index in [1.807, 2.05) is 6.33 Å². The quantitative estimate of drug-likeness (QED) is 0.854. The number of aromatic nitrogens is 2. The molecule has 138 valence electrons. The van der Waals surface area contributed by atoms with Crippen LogP contribution in [0, 0.1) is 13.8 Å². The molecule has 1 aliphatic heterocycles. The van der Waals surface area contributed by atoms with Crippen molar-refractivity contribution in [3.8, 4) is 0 Å². The Bertz CT molecular complexity index is 713. The summed E-state index contributed by atoms with van der Waals surface area (Å²) in [4.78, 5) is 8.93. The van der Waals surface area contributed by atoms with Crippen molar-refractivity contribution >= 4 is 11.0 Å². The molecule has 25 heavy (non-hydrogen) atoms. The zero-order chi connectivity index (χ0) is 18.0. The van der Waals surface area contributed by atoms with E-state index in [9.17, 15) is 5.11 Å². The lowest BCUT2D eigenvalue weighted by Crippen LogP contribution is -2.49. The van der Waals surface area contributed by atoms with Crippen LogP contribution in [0.3, 0.4) is 0 Å². The van der Waals surface area contributed by atoms with E-state index in [-0.39, 0.29) is 6.10 Å². The molecule has 1 aliphatic rings. The Morgan fingerprint density at radius 3 is 2.80 bits per heavy atom. The maximum absolute atomic E-state index is 10.6. The number of aliphatic hydroxyl groups excluding tert-OH is 1. The first kappa shape index (κ1) is 18.3. The lowest BCUT2D eigenvalue weighted by atomic mass is 10.1. The molecule has 3 rings (SSSR count). The smallest absolute Gasteiger partial charge is 0.0959 e. The maximum atomic E-state index is 10.6. The number of hydrogen-bond donors (Lipinski definition) is 1. The molecule has 0 spiro atoms. The van der Waals surface area contributed by atoms with Crippen molar-refractivity contribution in [2.24, 2.45) is 0 Å². The molecule has 6 heteroatoms. The van der Waals surface area contributed by atoms with Gasteiger partial charge in [-0.2, -0.15) is 0 Å². The third-order valence-corrected chi connectivity index (χ3v) is 4.90. The van der Waals surface area contributed by atoms with E-state index in [0.717, 1.165) is 37.3 Å². The van der Waals surface area contributed by atoms with Crippen molar-refractivity contribution in [1.29, 1.82) is 0 Å². The Morgan fingerprint density at radius 1 is 1.28 bits per heavy atom. The summed E-state index contributed by atoms with van der Waals surface area (Å²) in [5.74, 6) is 0. The minimum atomic E-state index is -0.419. The molecule has 2 aromatic rings. The van der Waals surface area contributed by atoms with E-state index < -0.39 is 6.10 Å². The van der Waals surface area contributed by atoms with Crippen molar-refractivity contribution in [3.63, 3.8) is 0 Å². The number of β-amino-alcohol motifs (C(OH)–C–C–N with tert-alkyl or cyclic N) is 1. The zero-order valence-electron chi connectivity index (χ0n) is 15.8. The van der Waals surface area contributed by atoms with E-state index in [1.165, 1.54) is 11.1 Å². The molecule has 0 aliphatic carbocycles. The number of ether oxygens (including phenoxy) is 1. The predicted octanol–water partition coefficient (Wildman–Crippen LogP) is 1.28. The Hall–Kier alpha value is -1.47. The van der Waals surface area contributed by atoms with Gasteiger partial charge in [-0.15, -0.1) is 0 Å². The van der Waals surface area contributed by atoms with Gasteiger partial charge in [0.25, 0.3) is 0 Å². The summed E-state index contributed by atoms with van der Waals surface area (Å²) in [5.41, 5.74) is 4.59. The van der Waals surface area contributed by atoms with Gasteiger partial charge in [-0.3, -0.25) is 4.90 Å². The lowest BCUT2D eigenvalue weighted by molar-refractivity contribution is -0.0496. The molecular formula is C19H30N4O2. The topological polar surface area (TPSA) is 53.8 Å². The molecule has 6 nitrogen and oxygen atoms in total. The van der Waals surface area contributed by atoms with Crippen molar-refractivity contribution in [2.75, 3.05) is 46.9 Å². The molecule has 0 saturated carbocycles. The summed E-state index contributed by atoms with van der Waals surface area (Å²) < 4.78 is 7.87. The first-order chi connectivity index (χ1) is 11.9. The molecule has 0 unspecified atom stereocenters. The number of fused-ring (bicyclic) bond motifs is 1. The number of aryl methyl sites for hydroxylation is 2. The van der Waals surface area contributed by atoms with Gasteiger partial charge in [-0.1, -0.05) is 0 Å². The Morgan fingerprint density at radius 2 is 2.04 bits per heavy atom. The van der Waals surface area contributed by atoms with Crippen molar-refractivity contribution in [3.05, 3.63) is 29.6 Å². The van der Waals surface area contributed by atoms with Crippen LogP contribution in [0.25, 0.3) is 11.0 Å². The maximum Gasteiger partial charge on any atom is 0.0959 e. The fourth-order valence-electron chi connectivity index (χ4n) is 3.51. The van der Waals surface area contributed by atoms with Gasteiger partial charge < -0.3 is 19.3 Å². The number of hydrogen-bond acceptors (Lipinski definition) is 5. The second kappa shape index (κ2) is 7.83. The van der Waals surface area contributed by atoms with Gasteiger partial charge in [0.05, 0.1) is 42.7 Å². The summed E-state index contributed by atoms with van der Waals surface area (Å²) in [6.45, 7) is 8.84. The molecule has 0 radical (unpaired) electrons. The number of imidazole rings is 1. The molecule has 0 amide bonds. The van der Waals surface area contributed by atoms with Crippen LogP contribution in [0.15, 0.2) is 18.5 Å². The highest BCUT2D eigenvalue weighted by atomic mass is 16.5. The monoisotopic (exact) mass is 346 g/mol. The fourth-order valence-corrected chi connectivity index (χ4v) is 3.51. The van der Waals surface area contributed by atoms with Gasteiger partial charge in [-0.25, -0.2) is 4.98 Å². The molecule has 1 saturated heterocycles. The van der Waals surface area contributed by atoms with Gasteiger partial charge in [-0.05, 0) is 51.2 Å². The molecule has 2 atom stereocenters. The summed E-state index contributed by atoms with van der Waals surface area (Å²) in [6, 6.07) is 4.27. The minimum absolute atomic E-state index is 0.218. The lowest BCUT2D eigenvalue weighted by Gasteiger charge is -2.35. The second-order valence-electron chi connectivity index (χ2n) is 7.49. The molecule has 2 heterocycles. The van der Waals surface area contributed by atoms with Crippen LogP contribution in [0.4, 0.5) is 0 Å². The van der Waals surface area contributed by atoms with Gasteiger partial charge in [0.15, 0.2) is 0 Å². The van der Waals surface area contributed by atoms with Gasteiger partial charge in [0.1, 0.15) is 0 Å². The van der Waals surface area contributed by atoms with Crippen LogP contribution in [0.2, 0.25) is 0 Å². The molecule has 1 fully saturated rings. The van der Waals surface area contributed by atoms with Gasteiger partial charge >= 0.3 is 0 Å². The Balaban J connectivity index is 1.61.